The minimum absolute atomic E-state index is 0.443. The van der Waals surface area contributed by atoms with Crippen LogP contribution in [0, 0.1) is 6.92 Å². The lowest BCUT2D eigenvalue weighted by molar-refractivity contribution is 0.265. The molecule has 0 atom stereocenters. The van der Waals surface area contributed by atoms with E-state index >= 15 is 0 Å². The maximum atomic E-state index is 5.94. The highest BCUT2D eigenvalue weighted by Crippen LogP contribution is 2.35. The van der Waals surface area contributed by atoms with E-state index in [9.17, 15) is 0 Å². The summed E-state index contributed by atoms with van der Waals surface area (Å²) in [5.74, 6) is 1.23. The number of benzene rings is 1. The number of ether oxygens (including phenoxy) is 2. The summed E-state index contributed by atoms with van der Waals surface area (Å²) >= 11 is 0. The van der Waals surface area contributed by atoms with Gasteiger partial charge in [-0.05, 0) is 36.3 Å². The molecule has 27 heavy (non-hydrogen) atoms. The number of nitrogens with zero attached hydrogens (tertiary/aromatic N) is 2. The second-order valence-corrected chi connectivity index (χ2v) is 6.08. The van der Waals surface area contributed by atoms with Gasteiger partial charge in [0.25, 0.3) is 0 Å². The van der Waals surface area contributed by atoms with Gasteiger partial charge in [-0.3, -0.25) is 9.97 Å². The van der Waals surface area contributed by atoms with E-state index in [-0.39, 0.29) is 0 Å². The van der Waals surface area contributed by atoms with Gasteiger partial charge >= 0.3 is 0 Å². The molecule has 3 rings (SSSR count). The Morgan fingerprint density at radius 1 is 1.07 bits per heavy atom. The van der Waals surface area contributed by atoms with Crippen molar-refractivity contribution < 1.29 is 9.47 Å². The third-order valence-corrected chi connectivity index (χ3v) is 4.20. The number of methoxy groups -OCH3 is 1. The highest BCUT2D eigenvalue weighted by molar-refractivity contribution is 5.82. The Balaban J connectivity index is 1.98. The zero-order chi connectivity index (χ0) is 19.2. The molecule has 0 N–H and O–H groups in total. The summed E-state index contributed by atoms with van der Waals surface area (Å²) in [5.41, 5.74) is 5.38. The zero-order valence-corrected chi connectivity index (χ0v) is 15.6. The largest absolute Gasteiger partial charge is 0.494 e. The average Bonchev–Trinajstić information content (AvgIpc) is 2.72. The van der Waals surface area contributed by atoms with E-state index < -0.39 is 0 Å². The van der Waals surface area contributed by atoms with Crippen LogP contribution in [0.5, 0.6) is 5.75 Å². The first-order chi connectivity index (χ1) is 13.1. The molecule has 3 aromatic rings. The molecule has 1 aromatic carbocycles. The van der Waals surface area contributed by atoms with E-state index in [1.807, 2.05) is 49.4 Å². The number of hydrogen-bond acceptors (Lipinski definition) is 4. The van der Waals surface area contributed by atoms with E-state index in [4.69, 9.17) is 9.47 Å². The van der Waals surface area contributed by atoms with E-state index in [2.05, 4.69) is 23.1 Å². The van der Waals surface area contributed by atoms with Crippen molar-refractivity contribution in [2.45, 2.75) is 13.5 Å². The van der Waals surface area contributed by atoms with Crippen molar-refractivity contribution in [1.29, 1.82) is 0 Å². The molecule has 2 aromatic heterocycles. The van der Waals surface area contributed by atoms with Crippen LogP contribution in [0.3, 0.4) is 0 Å². The first kappa shape index (κ1) is 18.4. The summed E-state index contributed by atoms with van der Waals surface area (Å²) in [6.45, 7) is 10.3. The van der Waals surface area contributed by atoms with Crippen molar-refractivity contribution in [2.24, 2.45) is 0 Å². The van der Waals surface area contributed by atoms with E-state index in [1.165, 1.54) is 0 Å². The van der Waals surface area contributed by atoms with Gasteiger partial charge in [0, 0.05) is 23.0 Å². The topological polar surface area (TPSA) is 44.2 Å². The highest BCUT2D eigenvalue weighted by Gasteiger charge is 2.15. The second kappa shape index (κ2) is 8.32. The van der Waals surface area contributed by atoms with Gasteiger partial charge in [-0.15, -0.1) is 0 Å². The van der Waals surface area contributed by atoms with Crippen LogP contribution in [0.1, 0.15) is 22.5 Å². The maximum Gasteiger partial charge on any atom is 0.145 e. The lowest BCUT2D eigenvalue weighted by Gasteiger charge is -2.16. The van der Waals surface area contributed by atoms with Crippen molar-refractivity contribution in [3.63, 3.8) is 0 Å². The van der Waals surface area contributed by atoms with Crippen molar-refractivity contribution >= 4 is 11.8 Å². The van der Waals surface area contributed by atoms with Gasteiger partial charge in [-0.1, -0.05) is 43.5 Å². The van der Waals surface area contributed by atoms with Crippen LogP contribution in [-0.4, -0.2) is 17.1 Å². The van der Waals surface area contributed by atoms with Crippen LogP contribution in [0.25, 0.3) is 23.0 Å². The number of aromatic nitrogens is 2. The Bertz CT molecular complexity index is 965. The Labute approximate surface area is 159 Å². The summed E-state index contributed by atoms with van der Waals surface area (Å²) in [5, 5.41) is 0. The number of pyridine rings is 2. The molecule has 0 aliphatic rings. The van der Waals surface area contributed by atoms with Gasteiger partial charge in [0.15, 0.2) is 0 Å². The SMILES string of the molecule is C=Cc1cc(-c2cc(C)ncc2C(=C)OCc2ccccc2)c(OC)cn1. The molecule has 0 unspecified atom stereocenters. The quantitative estimate of drug-likeness (QED) is 0.538. The molecule has 0 saturated carbocycles. The van der Waals surface area contributed by atoms with Gasteiger partial charge in [0.2, 0.25) is 0 Å². The molecule has 4 heteroatoms. The van der Waals surface area contributed by atoms with Crippen molar-refractivity contribution in [3.05, 3.63) is 90.5 Å². The monoisotopic (exact) mass is 358 g/mol. The van der Waals surface area contributed by atoms with Gasteiger partial charge < -0.3 is 9.47 Å². The average molecular weight is 358 g/mol. The molecule has 0 radical (unpaired) electrons. The van der Waals surface area contributed by atoms with Crippen LogP contribution in [0.2, 0.25) is 0 Å². The van der Waals surface area contributed by atoms with Gasteiger partial charge in [-0.2, -0.15) is 0 Å². The summed E-state index contributed by atoms with van der Waals surface area (Å²) < 4.78 is 11.5. The molecular formula is C23H22N2O2. The fourth-order valence-electron chi connectivity index (χ4n) is 2.77. The van der Waals surface area contributed by atoms with Crippen LogP contribution < -0.4 is 4.74 Å². The summed E-state index contributed by atoms with van der Waals surface area (Å²) in [4.78, 5) is 8.74. The first-order valence-corrected chi connectivity index (χ1v) is 8.62. The summed E-state index contributed by atoms with van der Waals surface area (Å²) in [6.07, 6.45) is 5.18. The molecule has 2 heterocycles. The van der Waals surface area contributed by atoms with E-state index in [0.29, 0.717) is 18.1 Å². The minimum Gasteiger partial charge on any atom is -0.494 e. The molecule has 136 valence electrons. The Hall–Kier alpha value is -3.40. The summed E-state index contributed by atoms with van der Waals surface area (Å²) in [7, 11) is 1.63. The Morgan fingerprint density at radius 2 is 1.85 bits per heavy atom. The smallest absolute Gasteiger partial charge is 0.145 e. The Kier molecular flexibility index (Phi) is 5.67. The zero-order valence-electron chi connectivity index (χ0n) is 15.6. The van der Waals surface area contributed by atoms with Crippen LogP contribution >= 0.6 is 0 Å². The van der Waals surface area contributed by atoms with Crippen LogP contribution in [0.15, 0.2) is 68.0 Å². The number of hydrogen-bond donors (Lipinski definition) is 0. The maximum absolute atomic E-state index is 5.94. The van der Waals surface area contributed by atoms with Crippen LogP contribution in [-0.2, 0) is 11.3 Å². The third kappa shape index (κ3) is 4.23. The van der Waals surface area contributed by atoms with E-state index in [1.54, 1.807) is 25.6 Å². The van der Waals surface area contributed by atoms with Gasteiger partial charge in [-0.25, -0.2) is 0 Å². The minimum atomic E-state index is 0.443. The molecule has 4 nitrogen and oxygen atoms in total. The van der Waals surface area contributed by atoms with Crippen molar-refractivity contribution in [3.8, 4) is 16.9 Å². The lowest BCUT2D eigenvalue weighted by Crippen LogP contribution is -1.99. The lowest BCUT2D eigenvalue weighted by atomic mass is 9.99. The molecular weight excluding hydrogens is 336 g/mol. The van der Waals surface area contributed by atoms with Crippen molar-refractivity contribution in [2.75, 3.05) is 7.11 Å². The normalized spacial score (nSPS) is 10.3. The number of aryl methyl sites for hydroxylation is 1. The number of rotatable bonds is 7. The van der Waals surface area contributed by atoms with Gasteiger partial charge in [0.1, 0.15) is 18.1 Å². The molecule has 0 aliphatic heterocycles. The molecule has 0 saturated heterocycles. The fraction of sp³-hybridized carbons (Fsp3) is 0.130. The predicted molar refractivity (Wildman–Crippen MR) is 109 cm³/mol. The van der Waals surface area contributed by atoms with E-state index in [0.717, 1.165) is 33.6 Å². The molecule has 0 amide bonds. The predicted octanol–water partition coefficient (Wildman–Crippen LogP) is 5.29. The fourth-order valence-corrected chi connectivity index (χ4v) is 2.77. The van der Waals surface area contributed by atoms with Gasteiger partial charge in [0.05, 0.1) is 19.0 Å². The van der Waals surface area contributed by atoms with Crippen LogP contribution in [0.4, 0.5) is 0 Å². The summed E-state index contributed by atoms with van der Waals surface area (Å²) in [6, 6.07) is 13.9. The first-order valence-electron chi connectivity index (χ1n) is 8.62. The molecule has 0 aliphatic carbocycles. The highest BCUT2D eigenvalue weighted by atomic mass is 16.5. The molecule has 0 fully saturated rings. The van der Waals surface area contributed by atoms with Crippen molar-refractivity contribution in [1.82, 2.24) is 9.97 Å². The molecule has 0 bridgehead atoms. The Morgan fingerprint density at radius 3 is 2.56 bits per heavy atom. The third-order valence-electron chi connectivity index (χ3n) is 4.20. The molecule has 0 spiro atoms. The standard InChI is InChI=1S/C23H22N2O2/c1-5-19-12-21(23(26-4)14-25-19)20-11-16(2)24-13-22(20)17(3)27-15-18-9-7-6-8-10-18/h5-14H,1,3,15H2,2,4H3. The second-order valence-electron chi connectivity index (χ2n) is 6.08.